The van der Waals surface area contributed by atoms with Crippen molar-refractivity contribution in [1.29, 1.82) is 0 Å². The van der Waals surface area contributed by atoms with E-state index in [4.69, 9.17) is 11.6 Å². The van der Waals surface area contributed by atoms with Crippen molar-refractivity contribution in [1.82, 2.24) is 14.1 Å². The van der Waals surface area contributed by atoms with Gasteiger partial charge in [-0.25, -0.2) is 0 Å². The molecule has 0 atom stereocenters. The van der Waals surface area contributed by atoms with Crippen LogP contribution in [0.3, 0.4) is 0 Å². The van der Waals surface area contributed by atoms with Gasteiger partial charge < -0.3 is 10.6 Å². The normalized spacial score (nSPS) is 11.0. The maximum atomic E-state index is 11.7. The van der Waals surface area contributed by atoms with Crippen molar-refractivity contribution >= 4 is 46.0 Å². The number of carbonyl (C=O) groups is 1. The minimum Gasteiger partial charge on any atom is -0.373 e. The molecule has 0 unspecified atom stereocenters. The Morgan fingerprint density at radius 1 is 1.40 bits per heavy atom. The molecule has 0 fully saturated rings. The molecule has 7 heteroatoms. The highest BCUT2D eigenvalue weighted by molar-refractivity contribution is 7.00. The molecule has 20 heavy (non-hydrogen) atoms. The standard InChI is InChI=1S/C13H17ClN4OS/c1-8(2)5-6-15-11(19)7-16-12-9(14)3-4-10-13(12)18-20-17-10/h3-4,8,16H,5-7H2,1-2H3,(H,15,19). The number of hydrogen-bond acceptors (Lipinski definition) is 5. The van der Waals surface area contributed by atoms with Gasteiger partial charge in [0.05, 0.1) is 29.0 Å². The Balaban J connectivity index is 1.94. The second-order valence-corrected chi connectivity index (χ2v) is 5.88. The molecule has 5 nitrogen and oxygen atoms in total. The fraction of sp³-hybridized carbons (Fsp3) is 0.462. The van der Waals surface area contributed by atoms with Gasteiger partial charge in [-0.15, -0.1) is 0 Å². The summed E-state index contributed by atoms with van der Waals surface area (Å²) in [6.45, 7) is 5.11. The second-order valence-electron chi connectivity index (χ2n) is 4.94. The second kappa shape index (κ2) is 6.85. The number of nitrogens with zero attached hydrogens (tertiary/aromatic N) is 2. The number of amides is 1. The first-order valence-electron chi connectivity index (χ1n) is 6.49. The van der Waals surface area contributed by atoms with E-state index in [1.54, 1.807) is 6.07 Å². The third-order valence-corrected chi connectivity index (χ3v) is 3.70. The van der Waals surface area contributed by atoms with Gasteiger partial charge in [-0.05, 0) is 24.5 Å². The summed E-state index contributed by atoms with van der Waals surface area (Å²) in [6, 6.07) is 3.57. The van der Waals surface area contributed by atoms with Gasteiger partial charge in [-0.2, -0.15) is 8.75 Å². The summed E-state index contributed by atoms with van der Waals surface area (Å²) >= 11 is 7.26. The van der Waals surface area contributed by atoms with Crippen molar-refractivity contribution in [2.24, 2.45) is 5.92 Å². The maximum Gasteiger partial charge on any atom is 0.239 e. The molecule has 1 amide bonds. The molecule has 108 valence electrons. The molecular weight excluding hydrogens is 296 g/mol. The van der Waals surface area contributed by atoms with Crippen LogP contribution in [-0.4, -0.2) is 27.7 Å². The molecule has 2 rings (SSSR count). The monoisotopic (exact) mass is 312 g/mol. The predicted molar refractivity (Wildman–Crippen MR) is 83.4 cm³/mol. The highest BCUT2D eigenvalue weighted by Gasteiger charge is 2.11. The zero-order valence-electron chi connectivity index (χ0n) is 11.4. The van der Waals surface area contributed by atoms with E-state index >= 15 is 0 Å². The van der Waals surface area contributed by atoms with Gasteiger partial charge in [0.1, 0.15) is 11.0 Å². The molecule has 0 aliphatic heterocycles. The lowest BCUT2D eigenvalue weighted by molar-refractivity contribution is -0.119. The largest absolute Gasteiger partial charge is 0.373 e. The van der Waals surface area contributed by atoms with Gasteiger partial charge in [-0.1, -0.05) is 25.4 Å². The lowest BCUT2D eigenvalue weighted by Crippen LogP contribution is -2.31. The zero-order valence-corrected chi connectivity index (χ0v) is 13.0. The Morgan fingerprint density at radius 2 is 2.20 bits per heavy atom. The van der Waals surface area contributed by atoms with Gasteiger partial charge in [0.2, 0.25) is 5.91 Å². The quantitative estimate of drug-likeness (QED) is 0.860. The Bertz CT molecular complexity index is 599. The summed E-state index contributed by atoms with van der Waals surface area (Å²) in [7, 11) is 0. The number of halogens is 1. The third-order valence-electron chi connectivity index (χ3n) is 2.85. The van der Waals surface area contributed by atoms with Crippen LogP contribution in [-0.2, 0) is 4.79 Å². The van der Waals surface area contributed by atoms with Gasteiger partial charge in [-0.3, -0.25) is 4.79 Å². The smallest absolute Gasteiger partial charge is 0.239 e. The SMILES string of the molecule is CC(C)CCNC(=O)CNc1c(Cl)ccc2nsnc12. The van der Waals surface area contributed by atoms with Gasteiger partial charge in [0.25, 0.3) is 0 Å². The number of aromatic nitrogens is 2. The molecule has 0 aliphatic rings. The first-order chi connectivity index (χ1) is 9.58. The Kier molecular flexibility index (Phi) is 5.14. The van der Waals surface area contributed by atoms with Crippen molar-refractivity contribution in [3.8, 4) is 0 Å². The third kappa shape index (κ3) is 3.80. The number of anilines is 1. The lowest BCUT2D eigenvalue weighted by atomic mass is 10.1. The molecule has 1 heterocycles. The molecule has 0 aliphatic carbocycles. The fourth-order valence-electron chi connectivity index (χ4n) is 1.73. The van der Waals surface area contributed by atoms with E-state index in [2.05, 4.69) is 33.2 Å². The van der Waals surface area contributed by atoms with Crippen LogP contribution in [0.4, 0.5) is 5.69 Å². The van der Waals surface area contributed by atoms with Gasteiger partial charge in [0, 0.05) is 6.54 Å². The first-order valence-corrected chi connectivity index (χ1v) is 7.60. The van der Waals surface area contributed by atoms with Crippen LogP contribution in [0.2, 0.25) is 5.02 Å². The van der Waals surface area contributed by atoms with Crippen LogP contribution in [0.5, 0.6) is 0 Å². The molecule has 1 aromatic carbocycles. The molecule has 0 bridgehead atoms. The molecule has 1 aromatic heterocycles. The Labute approximate surface area is 127 Å². The number of rotatable bonds is 6. The summed E-state index contributed by atoms with van der Waals surface area (Å²) in [4.78, 5) is 11.7. The number of benzene rings is 1. The number of hydrogen-bond donors (Lipinski definition) is 2. The molecule has 2 N–H and O–H groups in total. The summed E-state index contributed by atoms with van der Waals surface area (Å²) in [5.41, 5.74) is 2.15. The minimum absolute atomic E-state index is 0.0538. The molecule has 0 spiro atoms. The summed E-state index contributed by atoms with van der Waals surface area (Å²) in [5.74, 6) is 0.523. The highest BCUT2D eigenvalue weighted by Crippen LogP contribution is 2.29. The van der Waals surface area contributed by atoms with Gasteiger partial charge >= 0.3 is 0 Å². The highest BCUT2D eigenvalue weighted by atomic mass is 35.5. The summed E-state index contributed by atoms with van der Waals surface area (Å²) < 4.78 is 8.34. The number of nitrogens with one attached hydrogen (secondary N) is 2. The number of fused-ring (bicyclic) bond motifs is 1. The summed E-state index contributed by atoms with van der Waals surface area (Å²) in [5, 5.41) is 6.45. The molecule has 0 saturated heterocycles. The van der Waals surface area contributed by atoms with Crippen molar-refractivity contribution < 1.29 is 4.79 Å². The summed E-state index contributed by atoms with van der Waals surface area (Å²) in [6.07, 6.45) is 0.970. The lowest BCUT2D eigenvalue weighted by Gasteiger charge is -2.10. The van der Waals surface area contributed by atoms with E-state index in [-0.39, 0.29) is 12.5 Å². The Hall–Kier alpha value is -1.40. The number of carbonyl (C=O) groups excluding carboxylic acids is 1. The van der Waals surface area contributed by atoms with Crippen LogP contribution in [0.25, 0.3) is 11.0 Å². The van der Waals surface area contributed by atoms with E-state index in [0.717, 1.165) is 23.7 Å². The van der Waals surface area contributed by atoms with E-state index in [1.165, 1.54) is 0 Å². The van der Waals surface area contributed by atoms with Crippen molar-refractivity contribution in [2.75, 3.05) is 18.4 Å². The maximum absolute atomic E-state index is 11.7. The van der Waals surface area contributed by atoms with E-state index < -0.39 is 0 Å². The van der Waals surface area contributed by atoms with Crippen LogP contribution in [0.15, 0.2) is 12.1 Å². The molecule has 0 saturated carbocycles. The van der Waals surface area contributed by atoms with E-state index in [0.29, 0.717) is 28.7 Å². The topological polar surface area (TPSA) is 66.9 Å². The van der Waals surface area contributed by atoms with Crippen LogP contribution in [0.1, 0.15) is 20.3 Å². The average molecular weight is 313 g/mol. The van der Waals surface area contributed by atoms with Crippen molar-refractivity contribution in [2.45, 2.75) is 20.3 Å². The van der Waals surface area contributed by atoms with Crippen LogP contribution in [0, 0.1) is 5.92 Å². The van der Waals surface area contributed by atoms with Crippen LogP contribution < -0.4 is 10.6 Å². The van der Waals surface area contributed by atoms with Crippen molar-refractivity contribution in [3.05, 3.63) is 17.2 Å². The fourth-order valence-corrected chi connectivity index (χ4v) is 2.49. The van der Waals surface area contributed by atoms with Crippen molar-refractivity contribution in [3.63, 3.8) is 0 Å². The van der Waals surface area contributed by atoms with E-state index in [1.807, 2.05) is 6.07 Å². The molecule has 2 aromatic rings. The minimum atomic E-state index is -0.0538. The first kappa shape index (κ1) is 15.0. The van der Waals surface area contributed by atoms with Crippen LogP contribution >= 0.6 is 23.3 Å². The molecule has 0 radical (unpaired) electrons. The van der Waals surface area contributed by atoms with Gasteiger partial charge in [0.15, 0.2) is 0 Å². The Morgan fingerprint density at radius 3 is 2.95 bits per heavy atom. The molecular formula is C13H17ClN4OS. The zero-order chi connectivity index (χ0) is 14.5. The average Bonchev–Trinajstić information content (AvgIpc) is 2.85. The predicted octanol–water partition coefficient (Wildman–Crippen LogP) is 2.92. The van der Waals surface area contributed by atoms with E-state index in [9.17, 15) is 4.79 Å².